The molecule has 1 aromatic heterocycles. The van der Waals surface area contributed by atoms with Crippen molar-refractivity contribution in [2.45, 2.75) is 42.6 Å². The first kappa shape index (κ1) is 23.1. The second-order valence-corrected chi connectivity index (χ2v) is 10.2. The van der Waals surface area contributed by atoms with E-state index in [1.807, 2.05) is 0 Å². The van der Waals surface area contributed by atoms with Gasteiger partial charge in [0.1, 0.15) is 17.0 Å². The Morgan fingerprint density at radius 1 is 1.20 bits per heavy atom. The lowest BCUT2D eigenvalue weighted by Gasteiger charge is -2.27. The van der Waals surface area contributed by atoms with E-state index in [1.165, 1.54) is 35.6 Å². The standard InChI is InChI=1S/C20H20Cl3FN2O3S/c1-2-29-18(28)15-13-5-3-4-6-14(13)30-17(15)26-19(20(21,22)23)25-16(27)11-7-9-12(24)10-8-11/h7-10,19,26H,2-6H2,1H3,(H,25,27). The number of amides is 1. The predicted molar refractivity (Wildman–Crippen MR) is 118 cm³/mol. The van der Waals surface area contributed by atoms with Crippen molar-refractivity contribution in [1.82, 2.24) is 5.32 Å². The molecule has 0 spiro atoms. The van der Waals surface area contributed by atoms with Crippen LogP contribution in [0.3, 0.4) is 0 Å². The molecule has 0 aliphatic heterocycles. The Labute approximate surface area is 192 Å². The van der Waals surface area contributed by atoms with Gasteiger partial charge in [-0.25, -0.2) is 9.18 Å². The number of hydrogen-bond donors (Lipinski definition) is 2. The van der Waals surface area contributed by atoms with Gasteiger partial charge in [-0.3, -0.25) is 4.79 Å². The average molecular weight is 494 g/mol. The smallest absolute Gasteiger partial charge is 0.341 e. The SMILES string of the molecule is CCOC(=O)c1c(NC(NC(=O)c2ccc(F)cc2)C(Cl)(Cl)Cl)sc2c1CCCC2. The number of rotatable bonds is 6. The quantitative estimate of drug-likeness (QED) is 0.318. The number of benzene rings is 1. The molecule has 2 aromatic rings. The molecule has 2 N–H and O–H groups in total. The highest BCUT2D eigenvalue weighted by Gasteiger charge is 2.37. The second kappa shape index (κ2) is 9.73. The summed E-state index contributed by atoms with van der Waals surface area (Å²) < 4.78 is 16.4. The number of anilines is 1. The molecule has 3 rings (SSSR count). The monoisotopic (exact) mass is 492 g/mol. The Bertz CT molecular complexity index is 929. The summed E-state index contributed by atoms with van der Waals surface area (Å²) in [5.74, 6) is -1.48. The van der Waals surface area contributed by atoms with Gasteiger partial charge in [-0.15, -0.1) is 11.3 Å². The number of ether oxygens (including phenoxy) is 1. The van der Waals surface area contributed by atoms with E-state index < -0.39 is 27.7 Å². The van der Waals surface area contributed by atoms with Gasteiger partial charge in [0.2, 0.25) is 3.79 Å². The highest BCUT2D eigenvalue weighted by atomic mass is 35.6. The van der Waals surface area contributed by atoms with Crippen LogP contribution in [0.15, 0.2) is 24.3 Å². The van der Waals surface area contributed by atoms with Crippen molar-refractivity contribution in [3.8, 4) is 0 Å². The van der Waals surface area contributed by atoms with Crippen molar-refractivity contribution in [1.29, 1.82) is 0 Å². The van der Waals surface area contributed by atoms with Gasteiger partial charge in [0.15, 0.2) is 0 Å². The molecule has 1 heterocycles. The third-order valence-corrected chi connectivity index (χ3v) is 6.51. The summed E-state index contributed by atoms with van der Waals surface area (Å²) in [5, 5.41) is 6.10. The third kappa shape index (κ3) is 5.38. The average Bonchev–Trinajstić information content (AvgIpc) is 3.05. The van der Waals surface area contributed by atoms with E-state index in [0.717, 1.165) is 36.1 Å². The van der Waals surface area contributed by atoms with Crippen LogP contribution in [0.25, 0.3) is 0 Å². The molecule has 0 fully saturated rings. The lowest BCUT2D eigenvalue weighted by molar-refractivity contribution is 0.0526. The normalized spacial score (nSPS) is 14.6. The molecule has 0 saturated carbocycles. The minimum Gasteiger partial charge on any atom is -0.462 e. The van der Waals surface area contributed by atoms with Gasteiger partial charge < -0.3 is 15.4 Å². The first-order valence-electron chi connectivity index (χ1n) is 9.42. The molecule has 1 aromatic carbocycles. The number of thiophene rings is 1. The number of nitrogens with one attached hydrogen (secondary N) is 2. The fraction of sp³-hybridized carbons (Fsp3) is 0.400. The Morgan fingerprint density at radius 2 is 1.87 bits per heavy atom. The topological polar surface area (TPSA) is 67.4 Å². The van der Waals surface area contributed by atoms with Crippen LogP contribution < -0.4 is 10.6 Å². The molecule has 0 radical (unpaired) electrons. The number of carbonyl (C=O) groups excluding carboxylic acids is 2. The first-order valence-corrected chi connectivity index (χ1v) is 11.4. The van der Waals surface area contributed by atoms with Gasteiger partial charge in [-0.1, -0.05) is 34.8 Å². The predicted octanol–water partition coefficient (Wildman–Crippen LogP) is 5.48. The first-order chi connectivity index (χ1) is 14.2. The number of esters is 1. The van der Waals surface area contributed by atoms with Crippen LogP contribution in [-0.2, 0) is 17.6 Å². The zero-order valence-electron chi connectivity index (χ0n) is 16.1. The van der Waals surface area contributed by atoms with Crippen molar-refractivity contribution in [3.63, 3.8) is 0 Å². The molecule has 162 valence electrons. The van der Waals surface area contributed by atoms with E-state index in [9.17, 15) is 14.0 Å². The number of fused-ring (bicyclic) bond motifs is 1. The second-order valence-electron chi connectivity index (χ2n) is 6.73. The number of carbonyl (C=O) groups is 2. The van der Waals surface area contributed by atoms with Gasteiger partial charge >= 0.3 is 5.97 Å². The van der Waals surface area contributed by atoms with Crippen LogP contribution in [0.5, 0.6) is 0 Å². The summed E-state index contributed by atoms with van der Waals surface area (Å²) in [6.45, 7) is 1.97. The number of hydrogen-bond acceptors (Lipinski definition) is 5. The summed E-state index contributed by atoms with van der Waals surface area (Å²) in [6.07, 6.45) is 2.49. The largest absolute Gasteiger partial charge is 0.462 e. The Morgan fingerprint density at radius 3 is 2.50 bits per heavy atom. The maximum atomic E-state index is 13.1. The number of alkyl halides is 3. The van der Waals surface area contributed by atoms with Gasteiger partial charge in [-0.2, -0.15) is 0 Å². The van der Waals surface area contributed by atoms with Crippen LogP contribution >= 0.6 is 46.1 Å². The molecule has 1 amide bonds. The molecular formula is C20H20Cl3FN2O3S. The van der Waals surface area contributed by atoms with E-state index in [-0.39, 0.29) is 12.2 Å². The third-order valence-electron chi connectivity index (χ3n) is 4.64. The molecule has 0 saturated heterocycles. The van der Waals surface area contributed by atoms with Crippen LogP contribution in [0.2, 0.25) is 0 Å². The van der Waals surface area contributed by atoms with Gasteiger partial charge in [-0.05, 0) is 62.4 Å². The fourth-order valence-corrected chi connectivity index (χ4v) is 4.87. The molecule has 5 nitrogen and oxygen atoms in total. The highest BCUT2D eigenvalue weighted by molar-refractivity contribution is 7.16. The zero-order valence-corrected chi connectivity index (χ0v) is 19.2. The zero-order chi connectivity index (χ0) is 21.9. The molecule has 1 aliphatic carbocycles. The maximum absolute atomic E-state index is 13.1. The Hall–Kier alpha value is -1.54. The maximum Gasteiger partial charge on any atom is 0.341 e. The van der Waals surface area contributed by atoms with E-state index in [4.69, 9.17) is 39.5 Å². The molecular weight excluding hydrogens is 474 g/mol. The lowest BCUT2D eigenvalue weighted by atomic mass is 9.95. The van der Waals surface area contributed by atoms with E-state index in [1.54, 1.807) is 6.92 Å². The summed E-state index contributed by atoms with van der Waals surface area (Å²) in [4.78, 5) is 26.3. The lowest BCUT2D eigenvalue weighted by Crippen LogP contribution is -2.49. The highest BCUT2D eigenvalue weighted by Crippen LogP contribution is 2.40. The Balaban J connectivity index is 1.90. The van der Waals surface area contributed by atoms with Crippen LogP contribution in [0.1, 0.15) is 50.9 Å². The van der Waals surface area contributed by atoms with Crippen molar-refractivity contribution in [3.05, 3.63) is 51.7 Å². The molecule has 1 aliphatic rings. The summed E-state index contributed by atoms with van der Waals surface area (Å²) in [6, 6.07) is 4.99. The number of halogens is 4. The number of aryl methyl sites for hydroxylation is 1. The van der Waals surface area contributed by atoms with Crippen molar-refractivity contribution >= 4 is 63.0 Å². The van der Waals surface area contributed by atoms with Crippen molar-refractivity contribution in [2.24, 2.45) is 0 Å². The molecule has 1 unspecified atom stereocenters. The van der Waals surface area contributed by atoms with Crippen molar-refractivity contribution in [2.75, 3.05) is 11.9 Å². The van der Waals surface area contributed by atoms with Crippen molar-refractivity contribution < 1.29 is 18.7 Å². The summed E-state index contributed by atoms with van der Waals surface area (Å²) in [5.41, 5.74) is 1.57. The Kier molecular flexibility index (Phi) is 7.50. The van der Waals surface area contributed by atoms with Gasteiger partial charge in [0.05, 0.1) is 12.2 Å². The minimum absolute atomic E-state index is 0.202. The minimum atomic E-state index is -1.92. The van der Waals surface area contributed by atoms with Crippen LogP contribution in [0.4, 0.5) is 9.39 Å². The van der Waals surface area contributed by atoms with E-state index in [0.29, 0.717) is 10.6 Å². The molecule has 10 heteroatoms. The molecule has 0 bridgehead atoms. The molecule has 1 atom stereocenters. The van der Waals surface area contributed by atoms with Gasteiger partial charge in [0, 0.05) is 10.4 Å². The summed E-state index contributed by atoms with van der Waals surface area (Å²) in [7, 11) is 0. The summed E-state index contributed by atoms with van der Waals surface area (Å²) >= 11 is 19.7. The fourth-order valence-electron chi connectivity index (χ4n) is 3.23. The van der Waals surface area contributed by atoms with E-state index >= 15 is 0 Å². The van der Waals surface area contributed by atoms with Crippen LogP contribution in [0, 0.1) is 5.82 Å². The van der Waals surface area contributed by atoms with Gasteiger partial charge in [0.25, 0.3) is 5.91 Å². The van der Waals surface area contributed by atoms with E-state index in [2.05, 4.69) is 10.6 Å². The van der Waals surface area contributed by atoms with Crippen LogP contribution in [-0.4, -0.2) is 28.4 Å². The molecule has 30 heavy (non-hydrogen) atoms.